The summed E-state index contributed by atoms with van der Waals surface area (Å²) in [6, 6.07) is 5.23. The lowest BCUT2D eigenvalue weighted by molar-refractivity contribution is 0.0944. The number of ketones is 1. The van der Waals surface area contributed by atoms with Crippen molar-refractivity contribution in [3.63, 3.8) is 0 Å². The van der Waals surface area contributed by atoms with E-state index in [9.17, 15) is 4.79 Å². The van der Waals surface area contributed by atoms with E-state index in [1.54, 1.807) is 32.4 Å². The Balaban J connectivity index is 2.70. The Kier molecular flexibility index (Phi) is 6.22. The average molecular weight is 252 g/mol. The maximum Gasteiger partial charge on any atom is 0.166 e. The molecule has 4 nitrogen and oxygen atoms in total. The molecule has 0 amide bonds. The number of hydrogen-bond acceptors (Lipinski definition) is 4. The van der Waals surface area contributed by atoms with Crippen molar-refractivity contribution in [2.45, 2.75) is 19.8 Å². The Hall–Kier alpha value is -1.55. The number of carbonyl (C=O) groups is 1. The van der Waals surface area contributed by atoms with Crippen molar-refractivity contribution in [1.82, 2.24) is 0 Å². The molecule has 0 aliphatic carbocycles. The topological polar surface area (TPSA) is 44.8 Å². The molecule has 100 valence electrons. The normalized spacial score (nSPS) is 10.2. The molecule has 18 heavy (non-hydrogen) atoms. The zero-order valence-electron chi connectivity index (χ0n) is 11.2. The minimum absolute atomic E-state index is 0.0467. The minimum Gasteiger partial charge on any atom is -0.497 e. The second-order valence-corrected chi connectivity index (χ2v) is 3.79. The number of hydrogen-bond donors (Lipinski definition) is 0. The fraction of sp³-hybridized carbons (Fsp3) is 0.500. The van der Waals surface area contributed by atoms with E-state index in [1.807, 2.05) is 6.92 Å². The predicted octanol–water partition coefficient (Wildman–Crippen LogP) is 2.70. The summed E-state index contributed by atoms with van der Waals surface area (Å²) in [6.45, 7) is 3.22. The first-order valence-corrected chi connectivity index (χ1v) is 6.05. The molecule has 0 bridgehead atoms. The van der Waals surface area contributed by atoms with Gasteiger partial charge in [-0.2, -0.15) is 0 Å². The summed E-state index contributed by atoms with van der Waals surface area (Å²) in [5.74, 6) is 1.28. The lowest BCUT2D eigenvalue weighted by Crippen LogP contribution is -2.05. The van der Waals surface area contributed by atoms with Gasteiger partial charge in [0, 0.05) is 19.6 Å². The predicted molar refractivity (Wildman–Crippen MR) is 69.6 cm³/mol. The van der Waals surface area contributed by atoms with Gasteiger partial charge in [0.2, 0.25) is 0 Å². The number of rotatable bonds is 8. The third-order valence-electron chi connectivity index (χ3n) is 2.60. The van der Waals surface area contributed by atoms with Gasteiger partial charge < -0.3 is 14.2 Å². The van der Waals surface area contributed by atoms with Gasteiger partial charge in [-0.15, -0.1) is 0 Å². The maximum atomic E-state index is 12.1. The molecular weight excluding hydrogens is 232 g/mol. The summed E-state index contributed by atoms with van der Waals surface area (Å²) in [6.07, 6.45) is 1.16. The SMILES string of the molecule is CCOCCCC(=O)c1cc(OC)ccc1OC. The Morgan fingerprint density at radius 2 is 2.00 bits per heavy atom. The molecule has 0 N–H and O–H groups in total. The van der Waals surface area contributed by atoms with E-state index >= 15 is 0 Å². The van der Waals surface area contributed by atoms with E-state index < -0.39 is 0 Å². The fourth-order valence-corrected chi connectivity index (χ4v) is 1.65. The minimum atomic E-state index is 0.0467. The molecule has 1 rings (SSSR count). The highest BCUT2D eigenvalue weighted by Gasteiger charge is 2.13. The van der Waals surface area contributed by atoms with Crippen LogP contribution in [-0.2, 0) is 4.74 Å². The first-order chi connectivity index (χ1) is 8.72. The van der Waals surface area contributed by atoms with Gasteiger partial charge in [-0.05, 0) is 31.5 Å². The Morgan fingerprint density at radius 1 is 1.22 bits per heavy atom. The van der Waals surface area contributed by atoms with Crippen LogP contribution in [0.3, 0.4) is 0 Å². The lowest BCUT2D eigenvalue weighted by atomic mass is 10.1. The summed E-state index contributed by atoms with van der Waals surface area (Å²) >= 11 is 0. The van der Waals surface area contributed by atoms with Gasteiger partial charge in [0.1, 0.15) is 11.5 Å². The van der Waals surface area contributed by atoms with Crippen LogP contribution in [0.1, 0.15) is 30.1 Å². The van der Waals surface area contributed by atoms with Crippen LogP contribution in [0.15, 0.2) is 18.2 Å². The van der Waals surface area contributed by atoms with E-state index in [0.29, 0.717) is 43.1 Å². The van der Waals surface area contributed by atoms with E-state index in [1.165, 1.54) is 0 Å². The number of benzene rings is 1. The molecule has 0 fully saturated rings. The number of Topliss-reactive ketones (excluding diaryl/α,β-unsaturated/α-hetero) is 1. The molecule has 0 aliphatic heterocycles. The molecule has 0 unspecified atom stereocenters. The van der Waals surface area contributed by atoms with Crippen LogP contribution in [0.2, 0.25) is 0 Å². The molecule has 0 spiro atoms. The maximum absolute atomic E-state index is 12.1. The fourth-order valence-electron chi connectivity index (χ4n) is 1.65. The molecule has 1 aromatic carbocycles. The highest BCUT2D eigenvalue weighted by atomic mass is 16.5. The quantitative estimate of drug-likeness (QED) is 0.527. The van der Waals surface area contributed by atoms with Crippen molar-refractivity contribution in [2.75, 3.05) is 27.4 Å². The zero-order chi connectivity index (χ0) is 13.4. The monoisotopic (exact) mass is 252 g/mol. The molecule has 0 radical (unpaired) electrons. The molecule has 0 aliphatic rings. The van der Waals surface area contributed by atoms with Crippen molar-refractivity contribution >= 4 is 5.78 Å². The molecule has 0 atom stereocenters. The van der Waals surface area contributed by atoms with E-state index in [-0.39, 0.29) is 5.78 Å². The molecule has 4 heteroatoms. The summed E-state index contributed by atoms with van der Waals surface area (Å²) < 4.78 is 15.5. The van der Waals surface area contributed by atoms with Gasteiger partial charge in [0.25, 0.3) is 0 Å². The summed E-state index contributed by atoms with van der Waals surface area (Å²) in [4.78, 5) is 12.1. The van der Waals surface area contributed by atoms with Crippen molar-refractivity contribution in [3.05, 3.63) is 23.8 Å². The average Bonchev–Trinajstić information content (AvgIpc) is 2.42. The highest BCUT2D eigenvalue weighted by molar-refractivity contribution is 5.99. The Morgan fingerprint density at radius 3 is 2.61 bits per heavy atom. The third-order valence-corrected chi connectivity index (χ3v) is 2.60. The van der Waals surface area contributed by atoms with Crippen LogP contribution < -0.4 is 9.47 Å². The molecule has 0 aromatic heterocycles. The largest absolute Gasteiger partial charge is 0.497 e. The van der Waals surface area contributed by atoms with E-state index in [4.69, 9.17) is 14.2 Å². The molecule has 0 saturated carbocycles. The Bertz CT molecular complexity index is 387. The van der Waals surface area contributed by atoms with Crippen molar-refractivity contribution < 1.29 is 19.0 Å². The first-order valence-electron chi connectivity index (χ1n) is 6.05. The van der Waals surface area contributed by atoms with Crippen molar-refractivity contribution in [1.29, 1.82) is 0 Å². The smallest absolute Gasteiger partial charge is 0.166 e. The first kappa shape index (κ1) is 14.5. The molecule has 0 heterocycles. The van der Waals surface area contributed by atoms with Gasteiger partial charge in [0.05, 0.1) is 19.8 Å². The summed E-state index contributed by atoms with van der Waals surface area (Å²) in [5.41, 5.74) is 0.563. The zero-order valence-corrected chi connectivity index (χ0v) is 11.2. The molecular formula is C14H20O4. The number of methoxy groups -OCH3 is 2. The van der Waals surface area contributed by atoms with Crippen LogP contribution in [0.25, 0.3) is 0 Å². The van der Waals surface area contributed by atoms with Crippen LogP contribution in [0.5, 0.6) is 11.5 Å². The second kappa shape index (κ2) is 7.71. The third kappa shape index (κ3) is 4.04. The van der Waals surface area contributed by atoms with Gasteiger partial charge >= 0.3 is 0 Å². The molecule has 1 aromatic rings. The van der Waals surface area contributed by atoms with Gasteiger partial charge in [-0.3, -0.25) is 4.79 Å². The van der Waals surface area contributed by atoms with Gasteiger partial charge in [-0.1, -0.05) is 0 Å². The van der Waals surface area contributed by atoms with Crippen LogP contribution >= 0.6 is 0 Å². The molecule has 0 saturated heterocycles. The van der Waals surface area contributed by atoms with Crippen LogP contribution in [-0.4, -0.2) is 33.2 Å². The van der Waals surface area contributed by atoms with Gasteiger partial charge in [0.15, 0.2) is 5.78 Å². The van der Waals surface area contributed by atoms with Crippen LogP contribution in [0, 0.1) is 0 Å². The van der Waals surface area contributed by atoms with Crippen molar-refractivity contribution in [3.8, 4) is 11.5 Å². The summed E-state index contributed by atoms with van der Waals surface area (Å²) in [7, 11) is 3.13. The highest BCUT2D eigenvalue weighted by Crippen LogP contribution is 2.25. The second-order valence-electron chi connectivity index (χ2n) is 3.79. The van der Waals surface area contributed by atoms with Crippen molar-refractivity contribution in [2.24, 2.45) is 0 Å². The standard InChI is InChI=1S/C14H20O4/c1-4-18-9-5-6-13(15)12-10-11(16-2)7-8-14(12)17-3/h7-8,10H,4-6,9H2,1-3H3. The van der Waals surface area contributed by atoms with Crippen LogP contribution in [0.4, 0.5) is 0 Å². The number of carbonyl (C=O) groups excluding carboxylic acids is 1. The Labute approximate surface area is 108 Å². The van der Waals surface area contributed by atoms with Gasteiger partial charge in [-0.25, -0.2) is 0 Å². The van der Waals surface area contributed by atoms with E-state index in [2.05, 4.69) is 0 Å². The van der Waals surface area contributed by atoms with E-state index in [0.717, 1.165) is 0 Å². The summed E-state index contributed by atoms with van der Waals surface area (Å²) in [5, 5.41) is 0. The number of ether oxygens (including phenoxy) is 3. The lowest BCUT2D eigenvalue weighted by Gasteiger charge is -2.09.